The van der Waals surface area contributed by atoms with Crippen molar-refractivity contribution in [3.8, 4) is 0 Å². The predicted molar refractivity (Wildman–Crippen MR) is 88.4 cm³/mol. The van der Waals surface area contributed by atoms with Crippen LogP contribution in [0.1, 0.15) is 74.8 Å². The number of hydrogen-bond acceptors (Lipinski definition) is 1. The Morgan fingerprint density at radius 2 is 1.60 bits per heavy atom. The molecule has 2 rings (SSSR count). The first-order valence-corrected chi connectivity index (χ1v) is 8.63. The van der Waals surface area contributed by atoms with Gasteiger partial charge >= 0.3 is 0 Å². The number of hydrogen-bond donors (Lipinski definition) is 1. The minimum Gasteiger partial charge on any atom is -0.320 e. The summed E-state index contributed by atoms with van der Waals surface area (Å²) in [6.45, 7) is 1.16. The van der Waals surface area contributed by atoms with E-state index in [9.17, 15) is 0 Å². The fourth-order valence-corrected chi connectivity index (χ4v) is 3.38. The Morgan fingerprint density at radius 3 is 2.30 bits per heavy atom. The lowest BCUT2D eigenvalue weighted by Gasteiger charge is -2.22. The molecule has 1 aliphatic rings. The molecule has 0 amide bonds. The van der Waals surface area contributed by atoms with Gasteiger partial charge in [-0.2, -0.15) is 0 Å². The Hall–Kier alpha value is -0.820. The monoisotopic (exact) mass is 273 g/mol. The first-order valence-electron chi connectivity index (χ1n) is 8.63. The molecule has 0 aromatic heterocycles. The molecule has 1 N–H and O–H groups in total. The molecule has 112 valence electrons. The largest absolute Gasteiger partial charge is 0.320 e. The van der Waals surface area contributed by atoms with Crippen LogP contribution in [-0.2, 0) is 6.42 Å². The van der Waals surface area contributed by atoms with Crippen molar-refractivity contribution in [3.63, 3.8) is 0 Å². The maximum Gasteiger partial charge on any atom is -0.00519 e. The second-order valence-corrected chi connectivity index (χ2v) is 6.34. The van der Waals surface area contributed by atoms with Crippen LogP contribution in [0.5, 0.6) is 0 Å². The zero-order valence-corrected chi connectivity index (χ0v) is 13.2. The Balaban J connectivity index is 1.68. The summed E-state index contributed by atoms with van der Waals surface area (Å²) < 4.78 is 0. The fraction of sp³-hybridized carbons (Fsp3) is 0.684. The SMILES string of the molecule is CNCCCCCCc1ccc(C2CCCCC2)cc1. The molecule has 1 nitrogen and oxygen atoms in total. The Labute approximate surface area is 125 Å². The first-order chi connectivity index (χ1) is 9.90. The van der Waals surface area contributed by atoms with Crippen LogP contribution in [0.4, 0.5) is 0 Å². The molecule has 0 aliphatic heterocycles. The average molecular weight is 273 g/mol. The predicted octanol–water partition coefficient (Wildman–Crippen LogP) is 5.06. The Morgan fingerprint density at radius 1 is 0.900 bits per heavy atom. The van der Waals surface area contributed by atoms with Crippen LogP contribution in [-0.4, -0.2) is 13.6 Å². The van der Waals surface area contributed by atoms with Gasteiger partial charge in [0.15, 0.2) is 0 Å². The third kappa shape index (κ3) is 5.28. The minimum atomic E-state index is 0.847. The molecule has 0 atom stereocenters. The van der Waals surface area contributed by atoms with Crippen LogP contribution in [0, 0.1) is 0 Å². The highest BCUT2D eigenvalue weighted by Crippen LogP contribution is 2.32. The lowest BCUT2D eigenvalue weighted by atomic mass is 9.84. The molecule has 1 fully saturated rings. The van der Waals surface area contributed by atoms with Crippen molar-refractivity contribution in [3.05, 3.63) is 35.4 Å². The Bertz CT molecular complexity index is 349. The molecule has 1 aliphatic carbocycles. The molecule has 0 unspecified atom stereocenters. The lowest BCUT2D eigenvalue weighted by Crippen LogP contribution is -2.06. The van der Waals surface area contributed by atoms with Crippen LogP contribution >= 0.6 is 0 Å². The van der Waals surface area contributed by atoms with E-state index in [1.807, 2.05) is 7.05 Å². The molecule has 0 bridgehead atoms. The molecule has 20 heavy (non-hydrogen) atoms. The molecule has 0 radical (unpaired) electrons. The summed E-state index contributed by atoms with van der Waals surface area (Å²) in [4.78, 5) is 0. The minimum absolute atomic E-state index is 0.847. The van der Waals surface area contributed by atoms with E-state index in [1.54, 1.807) is 5.56 Å². The smallest absolute Gasteiger partial charge is 0.00519 e. The van der Waals surface area contributed by atoms with Crippen LogP contribution in [0.15, 0.2) is 24.3 Å². The topological polar surface area (TPSA) is 12.0 Å². The van der Waals surface area contributed by atoms with Crippen LogP contribution in [0.3, 0.4) is 0 Å². The van der Waals surface area contributed by atoms with Gasteiger partial charge in [-0.3, -0.25) is 0 Å². The molecular formula is C19H31N. The van der Waals surface area contributed by atoms with Crippen LogP contribution in [0.2, 0.25) is 0 Å². The van der Waals surface area contributed by atoms with Gasteiger partial charge in [0.25, 0.3) is 0 Å². The van der Waals surface area contributed by atoms with Crippen LogP contribution in [0.25, 0.3) is 0 Å². The summed E-state index contributed by atoms with van der Waals surface area (Å²) >= 11 is 0. The molecule has 1 aromatic rings. The van der Waals surface area contributed by atoms with Gasteiger partial charge in [0.1, 0.15) is 0 Å². The van der Waals surface area contributed by atoms with Crippen molar-refractivity contribution in [1.82, 2.24) is 5.32 Å². The van der Waals surface area contributed by atoms with Gasteiger partial charge in [-0.1, -0.05) is 56.4 Å². The molecule has 0 saturated heterocycles. The summed E-state index contributed by atoms with van der Waals surface area (Å²) in [6, 6.07) is 9.54. The molecule has 1 aromatic carbocycles. The highest BCUT2D eigenvalue weighted by molar-refractivity contribution is 5.25. The van der Waals surface area contributed by atoms with Gasteiger partial charge in [-0.15, -0.1) is 0 Å². The van der Waals surface area contributed by atoms with E-state index in [0.717, 1.165) is 12.5 Å². The normalized spacial score (nSPS) is 16.4. The number of aryl methyl sites for hydroxylation is 1. The highest BCUT2D eigenvalue weighted by atomic mass is 14.8. The molecule has 1 saturated carbocycles. The summed E-state index contributed by atoms with van der Waals surface area (Å²) in [5, 5.41) is 3.21. The molecule has 0 heterocycles. The molecule has 1 heteroatoms. The molecule has 0 spiro atoms. The number of unbranched alkanes of at least 4 members (excludes halogenated alkanes) is 3. The first kappa shape index (κ1) is 15.6. The van der Waals surface area contributed by atoms with Crippen molar-refractivity contribution in [2.24, 2.45) is 0 Å². The fourth-order valence-electron chi connectivity index (χ4n) is 3.38. The summed E-state index contributed by atoms with van der Waals surface area (Å²) in [6.07, 6.45) is 13.8. The van der Waals surface area contributed by atoms with Gasteiger partial charge < -0.3 is 5.32 Å². The summed E-state index contributed by atoms with van der Waals surface area (Å²) in [5.74, 6) is 0.847. The summed E-state index contributed by atoms with van der Waals surface area (Å²) in [5.41, 5.74) is 3.11. The lowest BCUT2D eigenvalue weighted by molar-refractivity contribution is 0.443. The van der Waals surface area contributed by atoms with Crippen molar-refractivity contribution >= 4 is 0 Å². The quantitative estimate of drug-likeness (QED) is 0.653. The van der Waals surface area contributed by atoms with E-state index in [-0.39, 0.29) is 0 Å². The zero-order valence-electron chi connectivity index (χ0n) is 13.2. The number of nitrogens with one attached hydrogen (secondary N) is 1. The maximum absolute atomic E-state index is 3.21. The van der Waals surface area contributed by atoms with Gasteiger partial charge in [0.2, 0.25) is 0 Å². The Kier molecular flexibility index (Phi) is 7.14. The second kappa shape index (κ2) is 9.18. The van der Waals surface area contributed by atoms with Crippen molar-refractivity contribution in [2.45, 2.75) is 70.1 Å². The van der Waals surface area contributed by atoms with E-state index >= 15 is 0 Å². The van der Waals surface area contributed by atoms with E-state index in [2.05, 4.69) is 29.6 Å². The van der Waals surface area contributed by atoms with Gasteiger partial charge in [-0.25, -0.2) is 0 Å². The van der Waals surface area contributed by atoms with E-state index < -0.39 is 0 Å². The molecular weight excluding hydrogens is 242 g/mol. The number of rotatable bonds is 8. The standard InChI is InChI=1S/C19H31N/c1-20-16-8-3-2-5-9-17-12-14-19(15-13-17)18-10-6-4-7-11-18/h12-15,18,20H,2-11,16H2,1H3. The second-order valence-electron chi connectivity index (χ2n) is 6.34. The third-order valence-electron chi connectivity index (χ3n) is 4.70. The van der Waals surface area contributed by atoms with Crippen molar-refractivity contribution < 1.29 is 0 Å². The summed E-state index contributed by atoms with van der Waals surface area (Å²) in [7, 11) is 2.04. The van der Waals surface area contributed by atoms with Gasteiger partial charge in [0, 0.05) is 0 Å². The average Bonchev–Trinajstić information content (AvgIpc) is 2.52. The van der Waals surface area contributed by atoms with E-state index in [4.69, 9.17) is 0 Å². The van der Waals surface area contributed by atoms with Crippen molar-refractivity contribution in [2.75, 3.05) is 13.6 Å². The zero-order chi connectivity index (χ0) is 14.0. The third-order valence-corrected chi connectivity index (χ3v) is 4.70. The van der Waals surface area contributed by atoms with Gasteiger partial charge in [-0.05, 0) is 62.7 Å². The van der Waals surface area contributed by atoms with Crippen LogP contribution < -0.4 is 5.32 Å². The van der Waals surface area contributed by atoms with E-state index in [0.29, 0.717) is 0 Å². The maximum atomic E-state index is 3.21. The number of benzene rings is 1. The highest BCUT2D eigenvalue weighted by Gasteiger charge is 2.14. The van der Waals surface area contributed by atoms with Crippen molar-refractivity contribution in [1.29, 1.82) is 0 Å². The van der Waals surface area contributed by atoms with Gasteiger partial charge in [0.05, 0.1) is 0 Å². The van der Waals surface area contributed by atoms with E-state index in [1.165, 1.54) is 69.8 Å².